The van der Waals surface area contributed by atoms with Crippen LogP contribution >= 0.6 is 0 Å². The smallest absolute Gasteiger partial charge is 0.306 e. The lowest BCUT2D eigenvalue weighted by Gasteiger charge is -2.32. The van der Waals surface area contributed by atoms with E-state index in [4.69, 9.17) is 5.11 Å². The van der Waals surface area contributed by atoms with Gasteiger partial charge in [-0.3, -0.25) is 4.79 Å². The second-order valence-corrected chi connectivity index (χ2v) is 6.06. The fraction of sp³-hybridized carbons (Fsp3) is 0.364. The molecule has 2 N–H and O–H groups in total. The number of carboxylic acid groups (broad SMARTS) is 1. The molecule has 0 atom stereocenters. The predicted molar refractivity (Wildman–Crippen MR) is 60.8 cm³/mol. The molecule has 1 aromatic carbocycles. The molecule has 1 aromatic rings. The average Bonchev–Trinajstić information content (AvgIpc) is 2.26. The van der Waals surface area contributed by atoms with E-state index in [-0.39, 0.29) is 12.8 Å². The molecule has 1 saturated carbocycles. The van der Waals surface area contributed by atoms with Gasteiger partial charge in [0.25, 0.3) is 0 Å². The first kappa shape index (κ1) is 13.9. The van der Waals surface area contributed by atoms with Gasteiger partial charge in [0, 0.05) is 6.04 Å². The van der Waals surface area contributed by atoms with Crippen LogP contribution < -0.4 is 4.72 Å². The molecule has 0 spiro atoms. The Morgan fingerprint density at radius 1 is 1.32 bits per heavy atom. The third-order valence-corrected chi connectivity index (χ3v) is 4.55. The zero-order valence-electron chi connectivity index (χ0n) is 9.64. The molecular formula is C11H11F2NO4S. The maximum absolute atomic E-state index is 13.4. The van der Waals surface area contributed by atoms with Crippen molar-refractivity contribution >= 4 is 16.0 Å². The van der Waals surface area contributed by atoms with Crippen LogP contribution in [0, 0.1) is 17.6 Å². The van der Waals surface area contributed by atoms with E-state index in [0.29, 0.717) is 0 Å². The third kappa shape index (κ3) is 2.74. The summed E-state index contributed by atoms with van der Waals surface area (Å²) >= 11 is 0. The number of hydrogen-bond donors (Lipinski definition) is 2. The molecular weight excluding hydrogens is 280 g/mol. The number of nitrogens with one attached hydrogen (secondary N) is 1. The largest absolute Gasteiger partial charge is 0.481 e. The van der Waals surface area contributed by atoms with Crippen LogP contribution in [0.2, 0.25) is 0 Å². The molecule has 2 rings (SSSR count). The van der Waals surface area contributed by atoms with Gasteiger partial charge in [0.2, 0.25) is 10.0 Å². The summed E-state index contributed by atoms with van der Waals surface area (Å²) in [7, 11) is -4.18. The van der Waals surface area contributed by atoms with Gasteiger partial charge in [-0.15, -0.1) is 0 Å². The van der Waals surface area contributed by atoms with Gasteiger partial charge in [0.05, 0.1) is 5.92 Å². The van der Waals surface area contributed by atoms with E-state index in [1.807, 2.05) is 0 Å². The average molecular weight is 291 g/mol. The number of benzene rings is 1. The van der Waals surface area contributed by atoms with E-state index in [2.05, 4.69) is 4.72 Å². The zero-order chi connectivity index (χ0) is 14.2. The van der Waals surface area contributed by atoms with E-state index >= 15 is 0 Å². The lowest BCUT2D eigenvalue weighted by molar-refractivity contribution is -0.145. The van der Waals surface area contributed by atoms with Gasteiger partial charge in [-0.25, -0.2) is 21.9 Å². The highest BCUT2D eigenvalue weighted by Crippen LogP contribution is 2.29. The van der Waals surface area contributed by atoms with Crippen molar-refractivity contribution in [3.63, 3.8) is 0 Å². The minimum absolute atomic E-state index is 0.144. The second-order valence-electron chi connectivity index (χ2n) is 4.38. The second kappa shape index (κ2) is 4.86. The first-order valence-corrected chi connectivity index (χ1v) is 6.98. The van der Waals surface area contributed by atoms with Crippen molar-refractivity contribution < 1.29 is 27.1 Å². The van der Waals surface area contributed by atoms with Crippen LogP contribution in [-0.4, -0.2) is 25.5 Å². The van der Waals surface area contributed by atoms with E-state index in [0.717, 1.165) is 18.2 Å². The van der Waals surface area contributed by atoms with Crippen LogP contribution in [0.25, 0.3) is 0 Å². The molecule has 0 saturated heterocycles. The fourth-order valence-corrected chi connectivity index (χ4v) is 3.24. The fourth-order valence-electron chi connectivity index (χ4n) is 1.89. The van der Waals surface area contributed by atoms with Gasteiger partial charge in [-0.05, 0) is 25.0 Å². The summed E-state index contributed by atoms with van der Waals surface area (Å²) in [5.74, 6) is -4.28. The van der Waals surface area contributed by atoms with Crippen LogP contribution in [-0.2, 0) is 14.8 Å². The van der Waals surface area contributed by atoms with E-state index in [1.165, 1.54) is 0 Å². The van der Waals surface area contributed by atoms with Gasteiger partial charge in [0.15, 0.2) is 11.6 Å². The number of sulfonamides is 1. The molecule has 1 aliphatic rings. The Bertz CT molecular complexity index is 611. The third-order valence-electron chi connectivity index (χ3n) is 3.01. The summed E-state index contributed by atoms with van der Waals surface area (Å²) in [5.41, 5.74) is 0. The monoisotopic (exact) mass is 291 g/mol. The molecule has 0 amide bonds. The molecule has 19 heavy (non-hydrogen) atoms. The van der Waals surface area contributed by atoms with Crippen molar-refractivity contribution in [2.75, 3.05) is 0 Å². The van der Waals surface area contributed by atoms with Crippen molar-refractivity contribution in [1.29, 1.82) is 0 Å². The maximum atomic E-state index is 13.4. The Balaban J connectivity index is 2.12. The Kier molecular flexibility index (Phi) is 3.55. The first-order valence-electron chi connectivity index (χ1n) is 5.50. The molecule has 0 unspecified atom stereocenters. The van der Waals surface area contributed by atoms with Crippen LogP contribution in [0.3, 0.4) is 0 Å². The van der Waals surface area contributed by atoms with Crippen molar-refractivity contribution in [2.24, 2.45) is 5.92 Å². The number of halogens is 2. The number of hydrogen-bond acceptors (Lipinski definition) is 3. The Labute approximate surface area is 108 Å². The quantitative estimate of drug-likeness (QED) is 0.870. The van der Waals surface area contributed by atoms with Crippen LogP contribution in [0.1, 0.15) is 12.8 Å². The maximum Gasteiger partial charge on any atom is 0.306 e. The zero-order valence-corrected chi connectivity index (χ0v) is 10.5. The summed E-state index contributed by atoms with van der Waals surface area (Å²) in [6.45, 7) is 0. The van der Waals surface area contributed by atoms with Crippen molar-refractivity contribution in [1.82, 2.24) is 4.72 Å². The highest BCUT2D eigenvalue weighted by atomic mass is 32.2. The normalized spacial score (nSPS) is 22.8. The van der Waals surface area contributed by atoms with Gasteiger partial charge >= 0.3 is 5.97 Å². The summed E-state index contributed by atoms with van der Waals surface area (Å²) in [5, 5.41) is 8.66. The lowest BCUT2D eigenvalue weighted by atomic mass is 9.81. The molecule has 0 heterocycles. The molecule has 0 aromatic heterocycles. The van der Waals surface area contributed by atoms with Gasteiger partial charge in [0.1, 0.15) is 4.90 Å². The number of carbonyl (C=O) groups is 1. The summed E-state index contributed by atoms with van der Waals surface area (Å²) < 4.78 is 52.2. The Hall–Kier alpha value is -1.54. The van der Waals surface area contributed by atoms with Crippen molar-refractivity contribution in [3.8, 4) is 0 Å². The molecule has 0 radical (unpaired) electrons. The minimum Gasteiger partial charge on any atom is -0.481 e. The number of aliphatic carboxylic acids is 1. The van der Waals surface area contributed by atoms with Crippen LogP contribution in [0.4, 0.5) is 8.78 Å². The Morgan fingerprint density at radius 3 is 2.53 bits per heavy atom. The summed E-state index contributed by atoms with van der Waals surface area (Å²) in [4.78, 5) is 9.80. The van der Waals surface area contributed by atoms with Gasteiger partial charge in [-0.2, -0.15) is 0 Å². The molecule has 1 fully saturated rings. The topological polar surface area (TPSA) is 83.5 Å². The number of carboxylic acids is 1. The minimum atomic E-state index is -4.18. The molecule has 8 heteroatoms. The number of rotatable bonds is 4. The van der Waals surface area contributed by atoms with Crippen molar-refractivity contribution in [3.05, 3.63) is 29.8 Å². The Morgan fingerprint density at radius 2 is 1.95 bits per heavy atom. The summed E-state index contributed by atoms with van der Waals surface area (Å²) in [6, 6.07) is 2.30. The highest BCUT2D eigenvalue weighted by Gasteiger charge is 2.37. The van der Waals surface area contributed by atoms with Crippen LogP contribution in [0.5, 0.6) is 0 Å². The molecule has 0 bridgehead atoms. The molecule has 1 aliphatic carbocycles. The standard InChI is InChI=1S/C11H11F2NO4S/c12-8-2-1-3-9(10(8)13)19(17,18)14-7-4-6(5-7)11(15)16/h1-3,6-7,14H,4-5H2,(H,15,16). The van der Waals surface area contributed by atoms with Gasteiger partial charge in [-0.1, -0.05) is 6.07 Å². The van der Waals surface area contributed by atoms with E-state index < -0.39 is 44.5 Å². The molecule has 104 valence electrons. The van der Waals surface area contributed by atoms with Crippen molar-refractivity contribution in [2.45, 2.75) is 23.8 Å². The van der Waals surface area contributed by atoms with E-state index in [9.17, 15) is 22.0 Å². The summed E-state index contributed by atoms with van der Waals surface area (Å²) in [6.07, 6.45) is 0.289. The molecule has 0 aliphatic heterocycles. The highest BCUT2D eigenvalue weighted by molar-refractivity contribution is 7.89. The first-order chi connectivity index (χ1) is 8.81. The van der Waals surface area contributed by atoms with E-state index in [1.54, 1.807) is 0 Å². The molecule has 5 nitrogen and oxygen atoms in total. The van der Waals surface area contributed by atoms with Gasteiger partial charge < -0.3 is 5.11 Å². The predicted octanol–water partition coefficient (Wildman–Crippen LogP) is 1.11. The SMILES string of the molecule is O=C(O)C1CC(NS(=O)(=O)c2cccc(F)c2F)C1. The lowest BCUT2D eigenvalue weighted by Crippen LogP contribution is -2.46. The van der Waals surface area contributed by atoms with Crippen LogP contribution in [0.15, 0.2) is 23.1 Å².